The van der Waals surface area contributed by atoms with E-state index in [0.717, 1.165) is 0 Å². The van der Waals surface area contributed by atoms with Crippen LogP contribution in [0.1, 0.15) is 56.4 Å². The largest absolute Gasteiger partial charge is 4.00 e. The second-order valence-electron chi connectivity index (χ2n) is 9.12. The van der Waals surface area contributed by atoms with E-state index in [2.05, 4.69) is 114 Å². The Morgan fingerprint density at radius 2 is 1.03 bits per heavy atom. The van der Waals surface area contributed by atoms with E-state index in [0.29, 0.717) is 11.8 Å². The van der Waals surface area contributed by atoms with Crippen molar-refractivity contribution in [1.29, 1.82) is 0 Å². The number of benzene rings is 2. The standard InChI is InChI=1S/2C14H15.C3H6Si.2ClH.Zr/c2*1-10-5-4-6-13(8-10)14-9-11(2)7-12(14)3;1-2-4-3-1;;;/h2*4-6,8-9,11H,1-3H3;1-3H2;2*1H;/q2*-1;;;;+4/p-2. The molecule has 3 aliphatic rings. The van der Waals surface area contributed by atoms with Gasteiger partial charge in [0.1, 0.15) is 0 Å². The first-order valence-electron chi connectivity index (χ1n) is 11.8. The van der Waals surface area contributed by atoms with Gasteiger partial charge in [0, 0.05) is 9.52 Å². The number of halogens is 2. The molecule has 4 heteroatoms. The molecular weight excluding hydrogens is 563 g/mol. The third-order valence-electron chi connectivity index (χ3n) is 5.89. The van der Waals surface area contributed by atoms with Crippen LogP contribution in [0.2, 0.25) is 12.1 Å². The van der Waals surface area contributed by atoms with Crippen molar-refractivity contribution in [2.75, 3.05) is 0 Å². The Hall–Kier alpha value is -0.920. The van der Waals surface area contributed by atoms with Crippen LogP contribution in [-0.2, 0) is 26.2 Å². The average Bonchev–Trinajstić information content (AvgIpc) is 3.21. The van der Waals surface area contributed by atoms with Gasteiger partial charge < -0.3 is 24.8 Å². The van der Waals surface area contributed by atoms with Crippen molar-refractivity contribution >= 4 is 20.7 Å². The Labute approximate surface area is 248 Å². The molecule has 35 heavy (non-hydrogen) atoms. The van der Waals surface area contributed by atoms with Crippen LogP contribution >= 0.6 is 0 Å². The smallest absolute Gasteiger partial charge is 1.00 e. The maximum atomic E-state index is 3.41. The summed E-state index contributed by atoms with van der Waals surface area (Å²) in [4.78, 5) is 0. The Morgan fingerprint density at radius 1 is 0.686 bits per heavy atom. The predicted octanol–water partition coefficient (Wildman–Crippen LogP) is 2.49. The van der Waals surface area contributed by atoms with Crippen molar-refractivity contribution in [2.24, 2.45) is 11.8 Å². The van der Waals surface area contributed by atoms with Crippen LogP contribution in [0, 0.1) is 37.8 Å². The summed E-state index contributed by atoms with van der Waals surface area (Å²) in [6, 6.07) is 20.3. The first kappa shape index (κ1) is 34.1. The molecule has 1 heterocycles. The van der Waals surface area contributed by atoms with Crippen molar-refractivity contribution in [3.8, 4) is 0 Å². The van der Waals surface area contributed by atoms with Crippen molar-refractivity contribution < 1.29 is 51.0 Å². The normalized spacial score (nSPS) is 19.3. The fraction of sp³-hybridized carbons (Fsp3) is 0.355. The van der Waals surface area contributed by atoms with Crippen molar-refractivity contribution in [1.82, 2.24) is 0 Å². The van der Waals surface area contributed by atoms with E-state index in [1.165, 1.54) is 72.6 Å². The Bertz CT molecular complexity index is 976. The quantitative estimate of drug-likeness (QED) is 0.368. The first-order chi connectivity index (χ1) is 15.3. The SMILES string of the molecule is C1C[Si]C1.CC1=[C-]C(C)C=C1c1cccc(C)c1.CC1=[C-]C(C)C=C1c1cccc(C)c1.[Cl-].[Cl-].[Zr+4]. The van der Waals surface area contributed by atoms with Gasteiger partial charge in [-0.2, -0.15) is 23.3 Å². The van der Waals surface area contributed by atoms with Gasteiger partial charge in [-0.25, -0.2) is 11.1 Å². The second kappa shape index (κ2) is 16.8. The van der Waals surface area contributed by atoms with Crippen LogP contribution in [0.3, 0.4) is 0 Å². The molecule has 0 spiro atoms. The van der Waals surface area contributed by atoms with Gasteiger partial charge in [-0.15, -0.1) is 11.1 Å². The van der Waals surface area contributed by atoms with Crippen molar-refractivity contribution in [3.05, 3.63) is 106 Å². The van der Waals surface area contributed by atoms with Crippen LogP contribution in [0.5, 0.6) is 0 Å². The zero-order valence-electron chi connectivity index (χ0n) is 21.8. The molecule has 1 fully saturated rings. The van der Waals surface area contributed by atoms with Crippen molar-refractivity contribution in [3.63, 3.8) is 0 Å². The molecule has 5 rings (SSSR count). The molecule has 0 aromatic heterocycles. The fourth-order valence-corrected chi connectivity index (χ4v) is 4.45. The predicted molar refractivity (Wildman–Crippen MR) is 141 cm³/mol. The minimum absolute atomic E-state index is 0. The van der Waals surface area contributed by atoms with E-state index < -0.39 is 0 Å². The number of hydrogen-bond acceptors (Lipinski definition) is 0. The number of hydrogen-bond donors (Lipinski definition) is 0. The maximum absolute atomic E-state index is 3.41. The minimum Gasteiger partial charge on any atom is -1.00 e. The molecule has 0 nitrogen and oxygen atoms in total. The first-order valence-corrected chi connectivity index (χ1v) is 13.2. The van der Waals surface area contributed by atoms with Gasteiger partial charge in [-0.3, -0.25) is 12.2 Å². The summed E-state index contributed by atoms with van der Waals surface area (Å²) in [7, 11) is 1.32. The van der Waals surface area contributed by atoms with E-state index in [4.69, 9.17) is 0 Å². The molecule has 2 aromatic rings. The van der Waals surface area contributed by atoms with Crippen LogP contribution in [-0.4, -0.2) is 9.52 Å². The number of rotatable bonds is 2. The summed E-state index contributed by atoms with van der Waals surface area (Å²) < 4.78 is 0. The Balaban J connectivity index is 0.000000530. The average molecular weight is 599 g/mol. The summed E-state index contributed by atoms with van der Waals surface area (Å²) >= 11 is 0. The van der Waals surface area contributed by atoms with Crippen LogP contribution in [0.4, 0.5) is 0 Å². The summed E-state index contributed by atoms with van der Waals surface area (Å²) in [5, 5.41) is 0. The van der Waals surface area contributed by atoms with Crippen LogP contribution in [0.25, 0.3) is 11.1 Å². The maximum Gasteiger partial charge on any atom is 4.00 e. The zero-order chi connectivity index (χ0) is 23.1. The summed E-state index contributed by atoms with van der Waals surface area (Å²) in [6.07, 6.45) is 12.9. The molecule has 182 valence electrons. The van der Waals surface area contributed by atoms with E-state index >= 15 is 0 Å². The molecule has 0 amide bonds. The molecule has 1 saturated heterocycles. The van der Waals surface area contributed by atoms with Gasteiger partial charge in [-0.1, -0.05) is 118 Å². The van der Waals surface area contributed by atoms with Gasteiger partial charge in [0.15, 0.2) is 0 Å². The van der Waals surface area contributed by atoms with Crippen LogP contribution < -0.4 is 24.8 Å². The molecule has 2 atom stereocenters. The third-order valence-corrected chi connectivity index (χ3v) is 7.31. The van der Waals surface area contributed by atoms with Gasteiger partial charge >= 0.3 is 26.2 Å². The third kappa shape index (κ3) is 10.5. The molecule has 2 unspecified atom stereocenters. The topological polar surface area (TPSA) is 0 Å². The van der Waals surface area contributed by atoms with Crippen LogP contribution in [0.15, 0.2) is 71.8 Å². The summed E-state index contributed by atoms with van der Waals surface area (Å²) in [5.74, 6) is 0.927. The monoisotopic (exact) mass is 596 g/mol. The molecule has 1 aliphatic heterocycles. The second-order valence-corrected chi connectivity index (χ2v) is 10.6. The van der Waals surface area contributed by atoms with Gasteiger partial charge in [0.2, 0.25) is 0 Å². The molecule has 2 radical (unpaired) electrons. The van der Waals surface area contributed by atoms with E-state index in [1.54, 1.807) is 0 Å². The fourth-order valence-electron chi connectivity index (χ4n) is 4.10. The molecular formula is C31H36Cl2SiZr. The zero-order valence-corrected chi connectivity index (χ0v) is 26.8. The number of aryl methyl sites for hydroxylation is 2. The van der Waals surface area contributed by atoms with E-state index in [1.807, 2.05) is 0 Å². The molecule has 0 bridgehead atoms. The minimum atomic E-state index is 0. The van der Waals surface area contributed by atoms with E-state index in [-0.39, 0.29) is 51.0 Å². The molecule has 2 aliphatic carbocycles. The summed E-state index contributed by atoms with van der Waals surface area (Å²) in [6.45, 7) is 12.9. The van der Waals surface area contributed by atoms with Gasteiger partial charge in [-0.05, 0) is 13.8 Å². The Kier molecular flexibility index (Phi) is 16.3. The summed E-state index contributed by atoms with van der Waals surface area (Å²) in [5.41, 5.74) is 10.5. The van der Waals surface area contributed by atoms with Gasteiger partial charge in [0.25, 0.3) is 0 Å². The van der Waals surface area contributed by atoms with Crippen molar-refractivity contribution in [2.45, 2.75) is 60.1 Å². The van der Waals surface area contributed by atoms with E-state index in [9.17, 15) is 0 Å². The Morgan fingerprint density at radius 3 is 1.26 bits per heavy atom. The molecule has 0 saturated carbocycles. The van der Waals surface area contributed by atoms with Gasteiger partial charge in [0.05, 0.1) is 0 Å². The molecule has 2 aromatic carbocycles. The number of allylic oxidation sites excluding steroid dienone is 8. The molecule has 0 N–H and O–H groups in total.